The first kappa shape index (κ1) is 15.2. The van der Waals surface area contributed by atoms with Crippen LogP contribution in [0.3, 0.4) is 0 Å². The molecule has 116 valence electrons. The maximum absolute atomic E-state index is 5.86. The van der Waals surface area contributed by atoms with Crippen molar-refractivity contribution in [2.75, 3.05) is 7.11 Å². The van der Waals surface area contributed by atoms with Gasteiger partial charge in [-0.05, 0) is 48.7 Å². The smallest absolute Gasteiger partial charge is 0.131 e. The number of rotatable bonds is 5. The molecular formula is C21H20O2. The highest BCUT2D eigenvalue weighted by molar-refractivity contribution is 5.38. The van der Waals surface area contributed by atoms with Gasteiger partial charge < -0.3 is 9.47 Å². The van der Waals surface area contributed by atoms with Crippen molar-refractivity contribution in [1.29, 1.82) is 0 Å². The number of hydrogen-bond acceptors (Lipinski definition) is 2. The summed E-state index contributed by atoms with van der Waals surface area (Å²) in [6.45, 7) is 2.11. The summed E-state index contributed by atoms with van der Waals surface area (Å²) >= 11 is 0. The Morgan fingerprint density at radius 3 is 1.96 bits per heavy atom. The van der Waals surface area contributed by atoms with E-state index in [1.165, 1.54) is 16.7 Å². The fraction of sp³-hybridized carbons (Fsp3) is 0.143. The van der Waals surface area contributed by atoms with Crippen molar-refractivity contribution in [2.24, 2.45) is 0 Å². The van der Waals surface area contributed by atoms with Crippen LogP contribution in [0.1, 0.15) is 16.7 Å². The van der Waals surface area contributed by atoms with Crippen molar-refractivity contribution < 1.29 is 9.47 Å². The van der Waals surface area contributed by atoms with E-state index >= 15 is 0 Å². The highest BCUT2D eigenvalue weighted by atomic mass is 16.5. The summed E-state index contributed by atoms with van der Waals surface area (Å²) in [5, 5.41) is 0. The van der Waals surface area contributed by atoms with Crippen molar-refractivity contribution in [3.8, 4) is 17.2 Å². The van der Waals surface area contributed by atoms with E-state index in [0.717, 1.165) is 23.7 Å². The van der Waals surface area contributed by atoms with Crippen molar-refractivity contribution >= 4 is 0 Å². The average Bonchev–Trinajstić information content (AvgIpc) is 2.59. The normalized spacial score (nSPS) is 10.3. The van der Waals surface area contributed by atoms with Crippen molar-refractivity contribution in [1.82, 2.24) is 0 Å². The summed E-state index contributed by atoms with van der Waals surface area (Å²) in [6, 6.07) is 24.5. The van der Waals surface area contributed by atoms with Crippen molar-refractivity contribution in [3.05, 3.63) is 89.5 Å². The van der Waals surface area contributed by atoms with E-state index in [-0.39, 0.29) is 0 Å². The van der Waals surface area contributed by atoms with E-state index < -0.39 is 0 Å². The standard InChI is InChI=1S/C21H20O2/c1-16-6-8-17(9-7-16)14-18-10-12-19(13-11-18)23-21-5-3-4-20(15-21)22-2/h3-13,15H,14H2,1-2H3. The Morgan fingerprint density at radius 1 is 0.696 bits per heavy atom. The highest BCUT2D eigenvalue weighted by Crippen LogP contribution is 2.25. The molecule has 0 unspecified atom stereocenters. The molecular weight excluding hydrogens is 284 g/mol. The summed E-state index contributed by atoms with van der Waals surface area (Å²) in [6.07, 6.45) is 0.930. The molecule has 3 aromatic rings. The van der Waals surface area contributed by atoms with Crippen LogP contribution in [-0.2, 0) is 6.42 Å². The van der Waals surface area contributed by atoms with E-state index in [1.54, 1.807) is 7.11 Å². The van der Waals surface area contributed by atoms with Crippen LogP contribution in [0.4, 0.5) is 0 Å². The van der Waals surface area contributed by atoms with E-state index in [9.17, 15) is 0 Å². The maximum atomic E-state index is 5.86. The molecule has 0 aromatic heterocycles. The predicted octanol–water partition coefficient (Wildman–Crippen LogP) is 5.39. The van der Waals surface area contributed by atoms with Crippen LogP contribution in [0.15, 0.2) is 72.8 Å². The maximum Gasteiger partial charge on any atom is 0.131 e. The number of hydrogen-bond donors (Lipinski definition) is 0. The Labute approximate surface area is 137 Å². The van der Waals surface area contributed by atoms with E-state index in [1.807, 2.05) is 36.4 Å². The molecule has 0 atom stereocenters. The molecule has 0 spiro atoms. The van der Waals surface area contributed by atoms with Gasteiger partial charge in [0.1, 0.15) is 17.2 Å². The molecule has 0 saturated heterocycles. The number of ether oxygens (including phenoxy) is 2. The molecule has 0 aliphatic rings. The van der Waals surface area contributed by atoms with Gasteiger partial charge in [0.2, 0.25) is 0 Å². The van der Waals surface area contributed by atoms with Crippen molar-refractivity contribution in [2.45, 2.75) is 13.3 Å². The molecule has 0 heterocycles. The Hall–Kier alpha value is -2.74. The molecule has 2 nitrogen and oxygen atoms in total. The van der Waals surface area contributed by atoms with Gasteiger partial charge in [-0.2, -0.15) is 0 Å². The number of aryl methyl sites for hydroxylation is 1. The van der Waals surface area contributed by atoms with Crippen LogP contribution in [0.5, 0.6) is 17.2 Å². The van der Waals surface area contributed by atoms with Gasteiger partial charge in [-0.15, -0.1) is 0 Å². The second-order valence-electron chi connectivity index (χ2n) is 5.59. The largest absolute Gasteiger partial charge is 0.497 e. The Balaban J connectivity index is 1.67. The van der Waals surface area contributed by atoms with Crippen LogP contribution in [0.25, 0.3) is 0 Å². The van der Waals surface area contributed by atoms with Gasteiger partial charge in [0, 0.05) is 6.07 Å². The lowest BCUT2D eigenvalue weighted by molar-refractivity contribution is 0.409. The van der Waals surface area contributed by atoms with E-state index in [0.29, 0.717) is 0 Å². The van der Waals surface area contributed by atoms with Gasteiger partial charge in [-0.3, -0.25) is 0 Å². The molecule has 0 aliphatic carbocycles. The lowest BCUT2D eigenvalue weighted by atomic mass is 10.0. The third-order valence-electron chi connectivity index (χ3n) is 3.73. The number of methoxy groups -OCH3 is 1. The van der Waals surface area contributed by atoms with Crippen LogP contribution in [0.2, 0.25) is 0 Å². The lowest BCUT2D eigenvalue weighted by Gasteiger charge is -2.08. The summed E-state index contributed by atoms with van der Waals surface area (Å²) in [7, 11) is 1.65. The molecule has 0 bridgehead atoms. The first-order valence-electron chi connectivity index (χ1n) is 7.69. The van der Waals surface area contributed by atoms with Crippen LogP contribution < -0.4 is 9.47 Å². The zero-order valence-corrected chi connectivity index (χ0v) is 13.5. The molecule has 0 saturated carbocycles. The SMILES string of the molecule is COc1cccc(Oc2ccc(Cc3ccc(C)cc3)cc2)c1. The Morgan fingerprint density at radius 2 is 1.30 bits per heavy atom. The molecule has 0 N–H and O–H groups in total. The molecule has 2 heteroatoms. The topological polar surface area (TPSA) is 18.5 Å². The molecule has 3 rings (SSSR count). The lowest BCUT2D eigenvalue weighted by Crippen LogP contribution is -1.90. The van der Waals surface area contributed by atoms with Gasteiger partial charge in [0.25, 0.3) is 0 Å². The second kappa shape index (κ2) is 7.01. The van der Waals surface area contributed by atoms with Gasteiger partial charge in [0.15, 0.2) is 0 Å². The van der Waals surface area contributed by atoms with E-state index in [4.69, 9.17) is 9.47 Å². The minimum atomic E-state index is 0.774. The number of benzene rings is 3. The van der Waals surface area contributed by atoms with Crippen LogP contribution >= 0.6 is 0 Å². The average molecular weight is 304 g/mol. The third-order valence-corrected chi connectivity index (χ3v) is 3.73. The minimum Gasteiger partial charge on any atom is -0.497 e. The first-order valence-corrected chi connectivity index (χ1v) is 7.69. The zero-order valence-electron chi connectivity index (χ0n) is 13.5. The minimum absolute atomic E-state index is 0.774. The van der Waals surface area contributed by atoms with Crippen LogP contribution in [-0.4, -0.2) is 7.11 Å². The fourth-order valence-electron chi connectivity index (χ4n) is 2.42. The molecule has 0 aliphatic heterocycles. The van der Waals surface area contributed by atoms with E-state index in [2.05, 4.69) is 43.3 Å². The van der Waals surface area contributed by atoms with Gasteiger partial charge >= 0.3 is 0 Å². The molecule has 0 radical (unpaired) electrons. The fourth-order valence-corrected chi connectivity index (χ4v) is 2.42. The summed E-state index contributed by atoms with van der Waals surface area (Å²) in [5.41, 5.74) is 3.87. The Kier molecular flexibility index (Phi) is 4.62. The van der Waals surface area contributed by atoms with Gasteiger partial charge in [0.05, 0.1) is 7.11 Å². The molecule has 23 heavy (non-hydrogen) atoms. The highest BCUT2D eigenvalue weighted by Gasteiger charge is 2.01. The summed E-state index contributed by atoms with van der Waals surface area (Å²) in [4.78, 5) is 0. The predicted molar refractivity (Wildman–Crippen MR) is 93.5 cm³/mol. The van der Waals surface area contributed by atoms with Gasteiger partial charge in [-0.1, -0.05) is 48.0 Å². The second-order valence-corrected chi connectivity index (χ2v) is 5.59. The first-order chi connectivity index (χ1) is 11.2. The van der Waals surface area contributed by atoms with Crippen LogP contribution in [0, 0.1) is 6.92 Å². The third kappa shape index (κ3) is 4.13. The quantitative estimate of drug-likeness (QED) is 0.629. The monoisotopic (exact) mass is 304 g/mol. The summed E-state index contributed by atoms with van der Waals surface area (Å²) in [5.74, 6) is 2.39. The molecule has 3 aromatic carbocycles. The van der Waals surface area contributed by atoms with Gasteiger partial charge in [-0.25, -0.2) is 0 Å². The molecule has 0 amide bonds. The zero-order chi connectivity index (χ0) is 16.1. The Bertz CT molecular complexity index is 759. The van der Waals surface area contributed by atoms with Crippen molar-refractivity contribution in [3.63, 3.8) is 0 Å². The summed E-state index contributed by atoms with van der Waals surface area (Å²) < 4.78 is 11.1. The molecule has 0 fully saturated rings.